The van der Waals surface area contributed by atoms with Crippen LogP contribution in [-0.2, 0) is 0 Å². The molecule has 0 unspecified atom stereocenters. The first kappa shape index (κ1) is 42.2. The van der Waals surface area contributed by atoms with Crippen LogP contribution in [0.5, 0.6) is 0 Å². The van der Waals surface area contributed by atoms with Crippen molar-refractivity contribution in [2.45, 2.75) is 164 Å². The molecular weight excluding hydrogens is 634 g/mol. The van der Waals surface area contributed by atoms with Gasteiger partial charge in [0.05, 0.1) is 0 Å². The summed E-state index contributed by atoms with van der Waals surface area (Å²) in [4.78, 5) is 0. The van der Waals surface area contributed by atoms with Gasteiger partial charge in [-0.15, -0.1) is 0 Å². The largest absolute Gasteiger partial charge is 0.459 e. The van der Waals surface area contributed by atoms with Crippen molar-refractivity contribution in [3.05, 3.63) is 0 Å². The highest BCUT2D eigenvalue weighted by Crippen LogP contribution is 2.49. The Bertz CT molecular complexity index is 695. The minimum atomic E-state index is -6.30. The second-order valence-corrected chi connectivity index (χ2v) is 14.9. The Balaban J connectivity index is 3.79. The van der Waals surface area contributed by atoms with Crippen molar-refractivity contribution in [2.75, 3.05) is 0 Å². The predicted molar refractivity (Wildman–Crippen MR) is 139 cm³/mol. The Morgan fingerprint density at radius 2 is 0.535 bits per heavy atom. The zero-order valence-electron chi connectivity index (χ0n) is 24.1. The fourth-order valence-electron chi connectivity index (χ4n) is 4.58. The average Bonchev–Trinajstić information content (AvgIpc) is 2.84. The van der Waals surface area contributed by atoms with Crippen molar-refractivity contribution >= 4 is 8.40 Å². The van der Waals surface area contributed by atoms with E-state index < -0.39 is 70.1 Å². The van der Waals surface area contributed by atoms with Crippen LogP contribution < -0.4 is 10.8 Å². The fourth-order valence-corrected chi connectivity index (χ4v) is 6.64. The quantitative estimate of drug-likeness (QED) is 0.0607. The highest BCUT2D eigenvalue weighted by molar-refractivity contribution is 6.73. The third-order valence-electron chi connectivity index (χ3n) is 7.40. The Morgan fingerprint density at radius 1 is 0.326 bits per heavy atom. The smallest absolute Gasteiger partial charge is 0.339 e. The number of unbranched alkanes of at least 4 members (excludes halogenated alkanes) is 14. The molecule has 0 fully saturated rings. The molecular formula is C26H44F14N2Si. The van der Waals surface area contributed by atoms with Crippen LogP contribution in [0.1, 0.15) is 116 Å². The summed E-state index contributed by atoms with van der Waals surface area (Å²) < 4.78 is 177. The molecule has 4 N–H and O–H groups in total. The first-order valence-corrected chi connectivity index (χ1v) is 17.2. The molecule has 17 heteroatoms. The summed E-state index contributed by atoms with van der Waals surface area (Å²) in [5, 5.41) is 12.5. The van der Waals surface area contributed by atoms with Gasteiger partial charge in [-0.25, -0.2) is 0 Å². The lowest BCUT2D eigenvalue weighted by molar-refractivity contribution is -0.356. The van der Waals surface area contributed by atoms with Crippen molar-refractivity contribution in [1.82, 2.24) is 0 Å². The second kappa shape index (κ2) is 17.7. The van der Waals surface area contributed by atoms with Gasteiger partial charge in [0.1, 0.15) is 0 Å². The van der Waals surface area contributed by atoms with Gasteiger partial charge in [-0.05, 0) is 24.9 Å². The summed E-state index contributed by atoms with van der Waals surface area (Å²) in [6.07, 6.45) is -7.76. The van der Waals surface area contributed by atoms with Gasteiger partial charge in [0.25, 0.3) is 0 Å². The molecule has 2 nitrogen and oxygen atoms in total. The normalized spacial score (nSPS) is 14.5. The van der Waals surface area contributed by atoms with E-state index in [-0.39, 0.29) is 12.8 Å². The molecule has 0 rings (SSSR count). The van der Waals surface area contributed by atoms with Crippen LogP contribution in [0.25, 0.3) is 0 Å². The molecule has 0 saturated carbocycles. The van der Waals surface area contributed by atoms with Crippen molar-refractivity contribution in [3.63, 3.8) is 0 Å². The van der Waals surface area contributed by atoms with Crippen LogP contribution in [0.2, 0.25) is 12.1 Å². The number of hydrogen-bond acceptors (Lipinski definition) is 2. The molecule has 0 aromatic heterocycles. The zero-order chi connectivity index (χ0) is 33.6. The lowest BCUT2D eigenvalue weighted by atomic mass is 10.0. The Kier molecular flexibility index (Phi) is 17.4. The molecule has 0 aromatic carbocycles. The predicted octanol–water partition coefficient (Wildman–Crippen LogP) is 11.0. The number of alkyl halides is 14. The van der Waals surface area contributed by atoms with Crippen molar-refractivity contribution in [3.8, 4) is 0 Å². The summed E-state index contributed by atoms with van der Waals surface area (Å²) >= 11 is 0. The van der Waals surface area contributed by atoms with E-state index in [0.717, 1.165) is 51.4 Å². The third-order valence-corrected chi connectivity index (χ3v) is 9.97. The number of nitrogens with two attached hydrogens (primary N) is 2. The Morgan fingerprint density at radius 3 is 0.767 bits per heavy atom. The third kappa shape index (κ3) is 14.9. The van der Waals surface area contributed by atoms with Crippen LogP contribution >= 0.6 is 0 Å². The van der Waals surface area contributed by atoms with Crippen molar-refractivity contribution in [2.24, 2.45) is 10.8 Å². The molecule has 0 aliphatic carbocycles. The molecule has 0 heterocycles. The average molecular weight is 679 g/mol. The van der Waals surface area contributed by atoms with Crippen LogP contribution in [0, 0.1) is 0 Å². The molecule has 0 bridgehead atoms. The molecule has 0 radical (unpaired) electrons. The lowest BCUT2D eigenvalue weighted by Gasteiger charge is -2.28. The maximum atomic E-state index is 13.2. The summed E-state index contributed by atoms with van der Waals surface area (Å²) in [6.45, 7) is 0. The van der Waals surface area contributed by atoms with Gasteiger partial charge in [-0.3, -0.25) is 0 Å². The molecule has 0 amide bonds. The van der Waals surface area contributed by atoms with Gasteiger partial charge in [-0.2, -0.15) is 61.5 Å². The second-order valence-electron chi connectivity index (χ2n) is 11.4. The van der Waals surface area contributed by atoms with Crippen LogP contribution in [0.4, 0.5) is 61.5 Å². The first-order chi connectivity index (χ1) is 19.4. The van der Waals surface area contributed by atoms with Crippen molar-refractivity contribution in [1.29, 1.82) is 0 Å². The molecule has 0 atom stereocenters. The van der Waals surface area contributed by atoms with Crippen molar-refractivity contribution < 1.29 is 61.5 Å². The number of rotatable bonds is 24. The summed E-state index contributed by atoms with van der Waals surface area (Å²) in [7, 11) is -2.39. The van der Waals surface area contributed by atoms with E-state index in [2.05, 4.69) is 0 Å². The van der Waals surface area contributed by atoms with Gasteiger partial charge in [0.2, 0.25) is 0 Å². The highest BCUT2D eigenvalue weighted by Gasteiger charge is 2.73. The zero-order valence-corrected chi connectivity index (χ0v) is 25.1. The molecule has 0 spiro atoms. The van der Waals surface area contributed by atoms with Crippen LogP contribution in [-0.4, -0.2) is 44.4 Å². The summed E-state index contributed by atoms with van der Waals surface area (Å²) in [6, 6.07) is 1.38. The van der Waals surface area contributed by atoms with Gasteiger partial charge < -0.3 is 10.8 Å². The number of halogens is 14. The van der Waals surface area contributed by atoms with Gasteiger partial charge >= 0.3 is 36.0 Å². The Labute approximate surface area is 244 Å². The molecule has 43 heavy (non-hydrogen) atoms. The van der Waals surface area contributed by atoms with Gasteiger partial charge in [0.15, 0.2) is 8.40 Å². The molecule has 0 aliphatic heterocycles. The van der Waals surface area contributed by atoms with Crippen LogP contribution in [0.3, 0.4) is 0 Å². The monoisotopic (exact) mass is 678 g/mol. The fraction of sp³-hybridized carbons (Fsp3) is 1.00. The van der Waals surface area contributed by atoms with E-state index in [9.17, 15) is 61.5 Å². The maximum absolute atomic E-state index is 13.2. The molecule has 0 aromatic rings. The minimum absolute atomic E-state index is 0.122. The highest BCUT2D eigenvalue weighted by atomic mass is 28.3. The van der Waals surface area contributed by atoms with Gasteiger partial charge in [0, 0.05) is 12.8 Å². The summed E-state index contributed by atoms with van der Waals surface area (Å²) in [5.41, 5.74) is 0. The lowest BCUT2D eigenvalue weighted by Crippen LogP contribution is -2.55. The first-order valence-electron chi connectivity index (χ1n) is 14.6. The molecule has 0 aliphatic rings. The number of hydrogen-bond donors (Lipinski definition) is 2. The van der Waals surface area contributed by atoms with E-state index >= 15 is 0 Å². The molecule has 260 valence electrons. The maximum Gasteiger partial charge on any atom is 0.459 e. The van der Waals surface area contributed by atoms with E-state index in [1.54, 1.807) is 0 Å². The SMILES string of the molecule is N[Si](N)(CCCCCCCCCCC(F)(F)C(F)(F)C(F)(F)F)CCCCCCCCCCC(F)(F)C(F)(F)C(F)(F)F. The van der Waals surface area contributed by atoms with E-state index in [0.29, 0.717) is 37.8 Å². The van der Waals surface area contributed by atoms with Gasteiger partial charge in [-0.1, -0.05) is 89.9 Å². The minimum Gasteiger partial charge on any atom is -0.339 e. The topological polar surface area (TPSA) is 52.0 Å². The molecule has 0 saturated heterocycles. The van der Waals surface area contributed by atoms with Crippen LogP contribution in [0.15, 0.2) is 0 Å². The van der Waals surface area contributed by atoms with E-state index in [1.165, 1.54) is 0 Å². The van der Waals surface area contributed by atoms with E-state index in [1.807, 2.05) is 0 Å². The Hall–Kier alpha value is -0.843. The standard InChI is InChI=1S/C26H44F14N2Si/c27-21(28,23(31,32)25(35,36)37)17-13-9-5-1-3-7-11-15-19-43(41,42)20-16-12-8-4-2-6-10-14-18-22(29,30)24(33,34)26(38,39)40/h1-20,41-42H2. The summed E-state index contributed by atoms with van der Waals surface area (Å²) in [5.74, 6) is -22.4. The van der Waals surface area contributed by atoms with E-state index in [4.69, 9.17) is 10.8 Å².